The molecule has 0 atom stereocenters. The van der Waals surface area contributed by atoms with Crippen LogP contribution in [0.15, 0.2) is 47.5 Å². The van der Waals surface area contributed by atoms with Gasteiger partial charge < -0.3 is 4.90 Å². The van der Waals surface area contributed by atoms with Gasteiger partial charge in [0.2, 0.25) is 0 Å². The topological polar surface area (TPSA) is 65.5 Å². The van der Waals surface area contributed by atoms with Crippen LogP contribution in [0.3, 0.4) is 0 Å². The number of rotatable bonds is 7. The van der Waals surface area contributed by atoms with Gasteiger partial charge in [0.05, 0.1) is 16.8 Å². The maximum atomic E-state index is 12.5. The number of hydrogen-bond acceptors (Lipinski definition) is 5. The summed E-state index contributed by atoms with van der Waals surface area (Å²) >= 11 is 0. The molecule has 0 amide bonds. The van der Waals surface area contributed by atoms with Crippen molar-refractivity contribution in [2.45, 2.75) is 31.6 Å². The van der Waals surface area contributed by atoms with E-state index in [1.54, 1.807) is 24.4 Å². The molecule has 2 aromatic rings. The third-order valence-electron chi connectivity index (χ3n) is 4.88. The predicted octanol–water partition coefficient (Wildman–Crippen LogP) is 2.98. The highest BCUT2D eigenvalue weighted by Crippen LogP contribution is 2.20. The van der Waals surface area contributed by atoms with Gasteiger partial charge in [0, 0.05) is 26.2 Å². The van der Waals surface area contributed by atoms with Gasteiger partial charge in [-0.3, -0.25) is 9.62 Å². The van der Waals surface area contributed by atoms with Crippen LogP contribution >= 0.6 is 0 Å². The van der Waals surface area contributed by atoms with E-state index in [-0.39, 0.29) is 4.90 Å². The predicted molar refractivity (Wildman–Crippen MR) is 110 cm³/mol. The monoisotopic (exact) mass is 388 g/mol. The van der Waals surface area contributed by atoms with E-state index in [0.29, 0.717) is 5.69 Å². The summed E-state index contributed by atoms with van der Waals surface area (Å²) in [7, 11) is -3.60. The Morgan fingerprint density at radius 2 is 1.70 bits per heavy atom. The zero-order valence-electron chi connectivity index (χ0n) is 16.1. The third kappa shape index (κ3) is 4.99. The van der Waals surface area contributed by atoms with Crippen molar-refractivity contribution in [1.82, 2.24) is 9.88 Å². The Labute approximate surface area is 162 Å². The minimum absolute atomic E-state index is 0.260. The Kier molecular flexibility index (Phi) is 6.34. The number of pyridine rings is 1. The second-order valence-corrected chi connectivity index (χ2v) is 8.52. The van der Waals surface area contributed by atoms with Gasteiger partial charge in [-0.2, -0.15) is 0 Å². The van der Waals surface area contributed by atoms with Gasteiger partial charge >= 0.3 is 0 Å². The first-order valence-electron chi connectivity index (χ1n) is 9.57. The highest BCUT2D eigenvalue weighted by Gasteiger charge is 2.18. The second kappa shape index (κ2) is 8.71. The average Bonchev–Trinajstić information content (AvgIpc) is 2.69. The van der Waals surface area contributed by atoms with E-state index in [4.69, 9.17) is 0 Å². The van der Waals surface area contributed by atoms with E-state index >= 15 is 0 Å². The molecule has 0 spiro atoms. The fraction of sp³-hybridized carbons (Fsp3) is 0.450. The molecule has 1 aliphatic rings. The molecule has 7 heteroatoms. The Morgan fingerprint density at radius 3 is 2.26 bits per heavy atom. The first-order valence-corrected chi connectivity index (χ1v) is 11.0. The van der Waals surface area contributed by atoms with Gasteiger partial charge in [-0.15, -0.1) is 0 Å². The molecule has 1 saturated heterocycles. The average molecular weight is 389 g/mol. The van der Waals surface area contributed by atoms with Crippen LogP contribution in [0.25, 0.3) is 0 Å². The number of nitrogens with one attached hydrogen (secondary N) is 1. The largest absolute Gasteiger partial charge is 0.354 e. The molecule has 0 aliphatic carbocycles. The lowest BCUT2D eigenvalue weighted by Crippen LogP contribution is -2.46. The Morgan fingerprint density at radius 1 is 1.00 bits per heavy atom. The van der Waals surface area contributed by atoms with Crippen LogP contribution in [0.4, 0.5) is 11.5 Å². The summed E-state index contributed by atoms with van der Waals surface area (Å²) in [5, 5.41) is 0. The van der Waals surface area contributed by atoms with Gasteiger partial charge in [0.15, 0.2) is 0 Å². The van der Waals surface area contributed by atoms with Crippen LogP contribution in [-0.4, -0.2) is 51.0 Å². The summed E-state index contributed by atoms with van der Waals surface area (Å²) in [6.07, 6.45) is 3.64. The zero-order valence-corrected chi connectivity index (χ0v) is 16.9. The molecular weight excluding hydrogens is 360 g/mol. The van der Waals surface area contributed by atoms with Crippen molar-refractivity contribution in [2.24, 2.45) is 0 Å². The number of aromatic nitrogens is 1. The summed E-state index contributed by atoms with van der Waals surface area (Å²) < 4.78 is 27.7. The normalized spacial score (nSPS) is 15.7. The van der Waals surface area contributed by atoms with Crippen molar-refractivity contribution < 1.29 is 8.42 Å². The van der Waals surface area contributed by atoms with Gasteiger partial charge in [0.25, 0.3) is 10.0 Å². The molecular formula is C20H28N4O2S. The maximum Gasteiger partial charge on any atom is 0.261 e. The molecule has 146 valence electrons. The first-order chi connectivity index (χ1) is 13.0. The summed E-state index contributed by atoms with van der Waals surface area (Å²) in [6.45, 7) is 9.35. The van der Waals surface area contributed by atoms with Gasteiger partial charge in [-0.25, -0.2) is 13.4 Å². The Hall–Kier alpha value is -2.12. The fourth-order valence-electron chi connectivity index (χ4n) is 3.27. The molecule has 0 saturated carbocycles. The SMILES string of the molecule is CCCN1CCN(c2ccc(NS(=O)(=O)c3ccc(CC)cc3)cn2)CC1. The summed E-state index contributed by atoms with van der Waals surface area (Å²) in [6, 6.07) is 10.6. The summed E-state index contributed by atoms with van der Waals surface area (Å²) in [5.74, 6) is 0.890. The molecule has 0 bridgehead atoms. The highest BCUT2D eigenvalue weighted by molar-refractivity contribution is 7.92. The van der Waals surface area contributed by atoms with Gasteiger partial charge in [-0.1, -0.05) is 26.0 Å². The van der Waals surface area contributed by atoms with E-state index in [9.17, 15) is 8.42 Å². The first kappa shape index (κ1) is 19.6. The van der Waals surface area contributed by atoms with E-state index in [2.05, 4.69) is 26.4 Å². The van der Waals surface area contributed by atoms with Crippen LogP contribution in [0.5, 0.6) is 0 Å². The number of nitrogens with zero attached hydrogens (tertiary/aromatic N) is 3. The van der Waals surface area contributed by atoms with Crippen LogP contribution in [0, 0.1) is 0 Å². The zero-order chi connectivity index (χ0) is 19.3. The van der Waals surface area contributed by atoms with E-state index in [1.807, 2.05) is 25.1 Å². The van der Waals surface area contributed by atoms with Crippen LogP contribution in [-0.2, 0) is 16.4 Å². The third-order valence-corrected chi connectivity index (χ3v) is 6.28. The molecule has 1 N–H and O–H groups in total. The van der Waals surface area contributed by atoms with Crippen molar-refractivity contribution in [2.75, 3.05) is 42.3 Å². The number of hydrogen-bond donors (Lipinski definition) is 1. The molecule has 1 aliphatic heterocycles. The van der Waals surface area contributed by atoms with Gasteiger partial charge in [0.1, 0.15) is 5.82 Å². The highest BCUT2D eigenvalue weighted by atomic mass is 32.2. The second-order valence-electron chi connectivity index (χ2n) is 6.84. The van der Waals surface area contributed by atoms with Crippen molar-refractivity contribution in [1.29, 1.82) is 0 Å². The van der Waals surface area contributed by atoms with Gasteiger partial charge in [-0.05, 0) is 49.2 Å². The van der Waals surface area contributed by atoms with Crippen molar-refractivity contribution in [3.8, 4) is 0 Å². The minimum Gasteiger partial charge on any atom is -0.354 e. The lowest BCUT2D eigenvalue weighted by Gasteiger charge is -2.35. The van der Waals surface area contributed by atoms with E-state index in [0.717, 1.165) is 50.5 Å². The number of benzene rings is 1. The van der Waals surface area contributed by atoms with Crippen molar-refractivity contribution in [3.63, 3.8) is 0 Å². The molecule has 1 fully saturated rings. The van der Waals surface area contributed by atoms with Crippen LogP contribution < -0.4 is 9.62 Å². The molecule has 27 heavy (non-hydrogen) atoms. The molecule has 2 heterocycles. The number of sulfonamides is 1. The van der Waals surface area contributed by atoms with E-state index < -0.39 is 10.0 Å². The van der Waals surface area contributed by atoms with Crippen LogP contribution in [0.2, 0.25) is 0 Å². The molecule has 1 aromatic heterocycles. The number of piperazine rings is 1. The van der Waals surface area contributed by atoms with Crippen LogP contribution in [0.1, 0.15) is 25.8 Å². The van der Waals surface area contributed by atoms with Crippen molar-refractivity contribution >= 4 is 21.5 Å². The number of anilines is 2. The number of aryl methyl sites for hydroxylation is 1. The Bertz CT molecular complexity index is 827. The maximum absolute atomic E-state index is 12.5. The lowest BCUT2D eigenvalue weighted by molar-refractivity contribution is 0.258. The molecule has 1 aromatic carbocycles. The quantitative estimate of drug-likeness (QED) is 0.790. The lowest BCUT2D eigenvalue weighted by atomic mass is 10.2. The van der Waals surface area contributed by atoms with E-state index in [1.165, 1.54) is 6.42 Å². The molecule has 3 rings (SSSR count). The summed E-state index contributed by atoms with van der Waals surface area (Å²) in [4.78, 5) is 9.42. The minimum atomic E-state index is -3.60. The standard InChI is InChI=1S/C20H28N4O2S/c1-3-11-23-12-14-24(15-13-23)20-10-7-18(16-21-20)22-27(25,26)19-8-5-17(4-2)6-9-19/h5-10,16,22H,3-4,11-15H2,1-2H3. The smallest absolute Gasteiger partial charge is 0.261 e. The fourth-order valence-corrected chi connectivity index (χ4v) is 4.31. The van der Waals surface area contributed by atoms with Crippen molar-refractivity contribution in [3.05, 3.63) is 48.2 Å². The summed E-state index contributed by atoms with van der Waals surface area (Å²) in [5.41, 5.74) is 1.59. The molecule has 0 unspecified atom stereocenters. The molecule has 6 nitrogen and oxygen atoms in total. The molecule has 0 radical (unpaired) electrons. The Balaban J connectivity index is 1.63.